The van der Waals surface area contributed by atoms with Crippen molar-refractivity contribution in [2.24, 2.45) is 5.73 Å². The molecule has 0 fully saturated rings. The van der Waals surface area contributed by atoms with Gasteiger partial charge in [0.1, 0.15) is 6.04 Å². The van der Waals surface area contributed by atoms with Crippen molar-refractivity contribution in [3.63, 3.8) is 0 Å². The summed E-state index contributed by atoms with van der Waals surface area (Å²) in [6, 6.07) is 18.2. The van der Waals surface area contributed by atoms with Gasteiger partial charge in [0, 0.05) is 0 Å². The summed E-state index contributed by atoms with van der Waals surface area (Å²) in [4.78, 5) is 10.9. The molecular formula is C16H15NO2. The molecule has 2 aromatic carbocycles. The van der Waals surface area contributed by atoms with E-state index in [1.807, 2.05) is 60.7 Å². The Hall–Kier alpha value is -2.39. The van der Waals surface area contributed by atoms with E-state index in [-0.39, 0.29) is 0 Å². The maximum atomic E-state index is 10.9. The second-order valence-corrected chi connectivity index (χ2v) is 4.18. The van der Waals surface area contributed by atoms with Crippen LogP contribution in [0, 0.1) is 0 Å². The van der Waals surface area contributed by atoms with Crippen LogP contribution in [-0.2, 0) is 4.79 Å². The molecule has 3 heteroatoms. The Balaban J connectivity index is 2.49. The van der Waals surface area contributed by atoms with Gasteiger partial charge in [0.2, 0.25) is 0 Å². The Labute approximate surface area is 112 Å². The standard InChI is InChI=1S/C16H15NO2/c17-15(16(18)19)11-14(12-7-3-1-4-8-12)13-9-5-2-6-10-13/h1-11,15H,17H2,(H,18,19)/t15-/m0/s1. The minimum atomic E-state index is -1.04. The summed E-state index contributed by atoms with van der Waals surface area (Å²) in [5, 5.41) is 8.96. The smallest absolute Gasteiger partial charge is 0.324 e. The van der Waals surface area contributed by atoms with E-state index in [2.05, 4.69) is 0 Å². The number of hydrogen-bond donors (Lipinski definition) is 2. The zero-order chi connectivity index (χ0) is 13.7. The summed E-state index contributed by atoms with van der Waals surface area (Å²) in [6.07, 6.45) is 1.58. The monoisotopic (exact) mass is 253 g/mol. The minimum absolute atomic E-state index is 0.830. The number of nitrogens with two attached hydrogens (primary N) is 1. The van der Waals surface area contributed by atoms with Crippen LogP contribution in [0.5, 0.6) is 0 Å². The number of hydrogen-bond acceptors (Lipinski definition) is 2. The van der Waals surface area contributed by atoms with Crippen LogP contribution in [0.3, 0.4) is 0 Å². The topological polar surface area (TPSA) is 63.3 Å². The second kappa shape index (κ2) is 5.98. The predicted molar refractivity (Wildman–Crippen MR) is 75.6 cm³/mol. The van der Waals surface area contributed by atoms with E-state index in [9.17, 15) is 4.79 Å². The number of carboxylic acid groups (broad SMARTS) is 1. The van der Waals surface area contributed by atoms with E-state index in [4.69, 9.17) is 10.8 Å². The van der Waals surface area contributed by atoms with Gasteiger partial charge in [-0.1, -0.05) is 60.7 Å². The number of rotatable bonds is 4. The molecule has 96 valence electrons. The highest BCUT2D eigenvalue weighted by Crippen LogP contribution is 2.23. The Morgan fingerprint density at radius 2 is 1.37 bits per heavy atom. The summed E-state index contributed by atoms with van der Waals surface area (Å²) in [6.45, 7) is 0. The number of benzene rings is 2. The number of aliphatic carboxylic acids is 1. The number of carboxylic acids is 1. The van der Waals surface area contributed by atoms with Crippen molar-refractivity contribution in [3.8, 4) is 0 Å². The van der Waals surface area contributed by atoms with Gasteiger partial charge in [-0.3, -0.25) is 4.79 Å². The normalized spacial score (nSPS) is 11.6. The number of carbonyl (C=O) groups is 1. The molecule has 0 aliphatic rings. The fourth-order valence-corrected chi connectivity index (χ4v) is 1.85. The maximum absolute atomic E-state index is 10.9. The third-order valence-electron chi connectivity index (χ3n) is 2.80. The molecule has 0 radical (unpaired) electrons. The van der Waals surface area contributed by atoms with Crippen molar-refractivity contribution < 1.29 is 9.90 Å². The van der Waals surface area contributed by atoms with Crippen LogP contribution in [0.25, 0.3) is 5.57 Å². The Kier molecular flexibility index (Phi) is 4.11. The molecule has 0 aromatic heterocycles. The third-order valence-corrected chi connectivity index (χ3v) is 2.80. The molecule has 0 amide bonds. The van der Waals surface area contributed by atoms with Crippen molar-refractivity contribution in [3.05, 3.63) is 77.9 Å². The summed E-state index contributed by atoms with van der Waals surface area (Å²) < 4.78 is 0. The molecule has 0 spiro atoms. The molecule has 0 saturated heterocycles. The molecule has 3 N–H and O–H groups in total. The highest BCUT2D eigenvalue weighted by molar-refractivity contribution is 5.85. The van der Waals surface area contributed by atoms with Gasteiger partial charge in [-0.2, -0.15) is 0 Å². The van der Waals surface area contributed by atoms with Gasteiger partial charge in [0.25, 0.3) is 0 Å². The molecule has 2 rings (SSSR count). The zero-order valence-corrected chi connectivity index (χ0v) is 10.4. The van der Waals surface area contributed by atoms with Crippen LogP contribution in [0.2, 0.25) is 0 Å². The lowest BCUT2D eigenvalue weighted by Gasteiger charge is -2.10. The molecule has 2 aromatic rings. The summed E-state index contributed by atoms with van der Waals surface area (Å²) in [7, 11) is 0. The van der Waals surface area contributed by atoms with Crippen molar-refractivity contribution in [2.45, 2.75) is 6.04 Å². The SMILES string of the molecule is N[C@@H](C=C(c1ccccc1)c1ccccc1)C(=O)O. The lowest BCUT2D eigenvalue weighted by Crippen LogP contribution is -2.28. The first-order valence-corrected chi connectivity index (χ1v) is 5.99. The van der Waals surface area contributed by atoms with E-state index >= 15 is 0 Å². The van der Waals surface area contributed by atoms with Crippen LogP contribution in [0.15, 0.2) is 66.7 Å². The van der Waals surface area contributed by atoms with Crippen molar-refractivity contribution >= 4 is 11.5 Å². The Bertz CT molecular complexity index is 535. The van der Waals surface area contributed by atoms with Gasteiger partial charge in [-0.25, -0.2) is 0 Å². The van der Waals surface area contributed by atoms with Crippen LogP contribution >= 0.6 is 0 Å². The fraction of sp³-hybridized carbons (Fsp3) is 0.0625. The lowest BCUT2D eigenvalue weighted by atomic mass is 9.96. The van der Waals surface area contributed by atoms with Crippen molar-refractivity contribution in [1.82, 2.24) is 0 Å². The predicted octanol–water partition coefficient (Wildman–Crippen LogP) is 2.53. The lowest BCUT2D eigenvalue weighted by molar-refractivity contribution is -0.137. The van der Waals surface area contributed by atoms with Crippen LogP contribution < -0.4 is 5.73 Å². The average molecular weight is 253 g/mol. The van der Waals surface area contributed by atoms with Gasteiger partial charge in [-0.15, -0.1) is 0 Å². The van der Waals surface area contributed by atoms with Gasteiger partial charge in [0.15, 0.2) is 0 Å². The van der Waals surface area contributed by atoms with Crippen LogP contribution in [-0.4, -0.2) is 17.1 Å². The van der Waals surface area contributed by atoms with Crippen molar-refractivity contribution in [1.29, 1.82) is 0 Å². The molecule has 0 saturated carbocycles. The fourth-order valence-electron chi connectivity index (χ4n) is 1.85. The highest BCUT2D eigenvalue weighted by Gasteiger charge is 2.12. The zero-order valence-electron chi connectivity index (χ0n) is 10.4. The molecule has 0 unspecified atom stereocenters. The Morgan fingerprint density at radius 1 is 0.947 bits per heavy atom. The van der Waals surface area contributed by atoms with Crippen LogP contribution in [0.1, 0.15) is 11.1 Å². The first-order valence-electron chi connectivity index (χ1n) is 5.99. The maximum Gasteiger partial charge on any atom is 0.324 e. The van der Waals surface area contributed by atoms with Crippen molar-refractivity contribution in [2.75, 3.05) is 0 Å². The van der Waals surface area contributed by atoms with E-state index in [1.165, 1.54) is 0 Å². The summed E-state index contributed by atoms with van der Waals surface area (Å²) >= 11 is 0. The summed E-state index contributed by atoms with van der Waals surface area (Å²) in [5.74, 6) is -1.04. The minimum Gasteiger partial charge on any atom is -0.480 e. The molecule has 0 heterocycles. The first-order chi connectivity index (χ1) is 9.18. The largest absolute Gasteiger partial charge is 0.480 e. The molecule has 0 aliphatic heterocycles. The van der Waals surface area contributed by atoms with E-state index in [0.29, 0.717) is 0 Å². The van der Waals surface area contributed by atoms with Gasteiger partial charge < -0.3 is 10.8 Å². The van der Waals surface area contributed by atoms with E-state index < -0.39 is 12.0 Å². The van der Waals surface area contributed by atoms with Crippen LogP contribution in [0.4, 0.5) is 0 Å². The average Bonchev–Trinajstić information content (AvgIpc) is 2.46. The molecule has 3 nitrogen and oxygen atoms in total. The molecular weight excluding hydrogens is 238 g/mol. The van der Waals surface area contributed by atoms with Gasteiger partial charge in [-0.05, 0) is 22.8 Å². The third kappa shape index (κ3) is 3.30. The van der Waals surface area contributed by atoms with E-state index in [0.717, 1.165) is 16.7 Å². The molecule has 19 heavy (non-hydrogen) atoms. The quantitative estimate of drug-likeness (QED) is 0.880. The first kappa shape index (κ1) is 13.1. The van der Waals surface area contributed by atoms with E-state index in [1.54, 1.807) is 6.08 Å². The highest BCUT2D eigenvalue weighted by atomic mass is 16.4. The molecule has 0 bridgehead atoms. The molecule has 1 atom stereocenters. The Morgan fingerprint density at radius 3 is 1.74 bits per heavy atom. The molecule has 0 aliphatic carbocycles. The second-order valence-electron chi connectivity index (χ2n) is 4.18. The summed E-state index contributed by atoms with van der Waals surface area (Å²) in [5.41, 5.74) is 8.34. The van der Waals surface area contributed by atoms with Gasteiger partial charge >= 0.3 is 5.97 Å². The van der Waals surface area contributed by atoms with Gasteiger partial charge in [0.05, 0.1) is 0 Å².